The van der Waals surface area contributed by atoms with Gasteiger partial charge in [0.25, 0.3) is 5.92 Å². The number of hydrogen-bond donors (Lipinski definition) is 2. The van der Waals surface area contributed by atoms with Gasteiger partial charge in [0.1, 0.15) is 6.61 Å². The largest absolute Gasteiger partial charge is 0.390 e. The van der Waals surface area contributed by atoms with Crippen molar-refractivity contribution in [2.75, 3.05) is 18.5 Å². The summed E-state index contributed by atoms with van der Waals surface area (Å²) in [5.74, 6) is -3.08. The molecule has 0 bridgehead atoms. The number of rotatable bonds is 4. The Hall–Kier alpha value is -1.23. The van der Waals surface area contributed by atoms with Crippen LogP contribution in [0.2, 0.25) is 0 Å². The zero-order chi connectivity index (χ0) is 9.73. The maximum Gasteiger partial charge on any atom is 0.287 e. The van der Waals surface area contributed by atoms with Gasteiger partial charge < -0.3 is 10.4 Å². The van der Waals surface area contributed by atoms with Gasteiger partial charge in [0.15, 0.2) is 0 Å². The van der Waals surface area contributed by atoms with E-state index in [4.69, 9.17) is 5.11 Å². The van der Waals surface area contributed by atoms with Crippen LogP contribution in [0, 0.1) is 0 Å². The Labute approximate surface area is 74.4 Å². The van der Waals surface area contributed by atoms with Gasteiger partial charge in [0, 0.05) is 18.1 Å². The topological polar surface area (TPSA) is 45.1 Å². The molecule has 1 heterocycles. The van der Waals surface area contributed by atoms with Crippen molar-refractivity contribution in [1.29, 1.82) is 0 Å². The molecule has 0 unspecified atom stereocenters. The first kappa shape index (κ1) is 9.85. The van der Waals surface area contributed by atoms with Crippen molar-refractivity contribution in [2.24, 2.45) is 0 Å². The molecule has 0 aromatic carbocycles. The predicted molar refractivity (Wildman–Crippen MR) is 44.8 cm³/mol. The van der Waals surface area contributed by atoms with Gasteiger partial charge >= 0.3 is 0 Å². The van der Waals surface area contributed by atoms with E-state index >= 15 is 0 Å². The van der Waals surface area contributed by atoms with Crippen LogP contribution in [-0.4, -0.2) is 29.2 Å². The van der Waals surface area contributed by atoms with Gasteiger partial charge in [-0.2, -0.15) is 0 Å². The highest BCUT2D eigenvalue weighted by Gasteiger charge is 2.26. The average Bonchev–Trinajstić information content (AvgIpc) is 2.17. The Morgan fingerprint density at radius 2 is 2.00 bits per heavy atom. The van der Waals surface area contributed by atoms with Crippen molar-refractivity contribution < 1.29 is 13.9 Å². The second-order valence-corrected chi connectivity index (χ2v) is 2.60. The number of hydrogen-bond acceptors (Lipinski definition) is 3. The van der Waals surface area contributed by atoms with Gasteiger partial charge in [-0.1, -0.05) is 0 Å². The highest BCUT2D eigenvalue weighted by Crippen LogP contribution is 2.13. The van der Waals surface area contributed by atoms with E-state index in [-0.39, 0.29) is 0 Å². The van der Waals surface area contributed by atoms with Gasteiger partial charge in [-0.05, 0) is 12.1 Å². The Kier molecular flexibility index (Phi) is 3.13. The van der Waals surface area contributed by atoms with Crippen LogP contribution in [0.25, 0.3) is 0 Å². The molecule has 0 atom stereocenters. The molecule has 72 valence electrons. The van der Waals surface area contributed by atoms with Crippen molar-refractivity contribution in [1.82, 2.24) is 4.98 Å². The predicted octanol–water partition coefficient (Wildman–Crippen LogP) is 1.12. The molecular weight excluding hydrogens is 178 g/mol. The fourth-order valence-electron chi connectivity index (χ4n) is 0.757. The standard InChI is InChI=1S/C8H10F2N2O/c9-8(10,6-13)5-12-7-1-3-11-4-2-7/h1-4,13H,5-6H2,(H,11,12). The fraction of sp³-hybridized carbons (Fsp3) is 0.375. The first-order valence-corrected chi connectivity index (χ1v) is 3.77. The molecule has 1 aromatic rings. The lowest BCUT2D eigenvalue weighted by atomic mass is 10.3. The lowest BCUT2D eigenvalue weighted by Gasteiger charge is -2.14. The third-order valence-corrected chi connectivity index (χ3v) is 1.46. The molecule has 2 N–H and O–H groups in total. The quantitative estimate of drug-likeness (QED) is 0.744. The van der Waals surface area contributed by atoms with Crippen molar-refractivity contribution in [3.8, 4) is 0 Å². The van der Waals surface area contributed by atoms with Gasteiger partial charge in [0.2, 0.25) is 0 Å². The molecule has 5 heteroatoms. The third-order valence-electron chi connectivity index (χ3n) is 1.46. The summed E-state index contributed by atoms with van der Waals surface area (Å²) in [5, 5.41) is 10.8. The number of aromatic nitrogens is 1. The summed E-state index contributed by atoms with van der Waals surface area (Å²) in [7, 11) is 0. The molecule has 0 saturated heterocycles. The van der Waals surface area contributed by atoms with Crippen LogP contribution in [0.1, 0.15) is 0 Å². The third kappa shape index (κ3) is 3.33. The maximum absolute atomic E-state index is 12.5. The van der Waals surface area contributed by atoms with E-state index in [0.717, 1.165) is 0 Å². The molecule has 0 spiro atoms. The second kappa shape index (κ2) is 4.13. The van der Waals surface area contributed by atoms with Crippen LogP contribution in [0.4, 0.5) is 14.5 Å². The first-order valence-electron chi connectivity index (χ1n) is 3.77. The van der Waals surface area contributed by atoms with E-state index in [1.54, 1.807) is 12.1 Å². The van der Waals surface area contributed by atoms with E-state index in [0.29, 0.717) is 5.69 Å². The van der Waals surface area contributed by atoms with Crippen molar-refractivity contribution in [3.05, 3.63) is 24.5 Å². The van der Waals surface area contributed by atoms with Crippen molar-refractivity contribution >= 4 is 5.69 Å². The lowest BCUT2D eigenvalue weighted by Crippen LogP contribution is -2.30. The van der Waals surface area contributed by atoms with Crippen LogP contribution < -0.4 is 5.32 Å². The van der Waals surface area contributed by atoms with Gasteiger partial charge in [-0.25, -0.2) is 8.78 Å². The Morgan fingerprint density at radius 1 is 1.38 bits per heavy atom. The highest BCUT2D eigenvalue weighted by atomic mass is 19.3. The van der Waals surface area contributed by atoms with Crippen molar-refractivity contribution in [3.63, 3.8) is 0 Å². The number of anilines is 1. The Balaban J connectivity index is 2.44. The second-order valence-electron chi connectivity index (χ2n) is 2.60. The monoisotopic (exact) mass is 188 g/mol. The minimum atomic E-state index is -3.08. The summed E-state index contributed by atoms with van der Waals surface area (Å²) in [4.78, 5) is 3.73. The van der Waals surface area contributed by atoms with E-state index < -0.39 is 19.1 Å². The number of nitrogens with zero attached hydrogens (tertiary/aromatic N) is 1. The Morgan fingerprint density at radius 3 is 2.54 bits per heavy atom. The van der Waals surface area contributed by atoms with Crippen LogP contribution in [0.15, 0.2) is 24.5 Å². The molecule has 0 saturated carbocycles. The van der Waals surface area contributed by atoms with Crippen molar-refractivity contribution in [2.45, 2.75) is 5.92 Å². The number of aliphatic hydroxyl groups excluding tert-OH is 1. The summed E-state index contributed by atoms with van der Waals surface area (Å²) in [6.07, 6.45) is 3.00. The zero-order valence-electron chi connectivity index (χ0n) is 6.87. The van der Waals surface area contributed by atoms with Crippen LogP contribution in [-0.2, 0) is 0 Å². The highest BCUT2D eigenvalue weighted by molar-refractivity contribution is 5.40. The summed E-state index contributed by atoms with van der Waals surface area (Å²) >= 11 is 0. The van der Waals surface area contributed by atoms with E-state index in [1.165, 1.54) is 12.4 Å². The normalized spacial score (nSPS) is 11.3. The minimum absolute atomic E-state index is 0.558. The summed E-state index contributed by atoms with van der Waals surface area (Å²) in [6.45, 7) is -1.72. The lowest BCUT2D eigenvalue weighted by molar-refractivity contribution is -0.0372. The summed E-state index contributed by atoms with van der Waals surface area (Å²) in [5.41, 5.74) is 0.558. The van der Waals surface area contributed by atoms with E-state index in [9.17, 15) is 8.78 Å². The van der Waals surface area contributed by atoms with Crippen LogP contribution in [0.5, 0.6) is 0 Å². The summed E-state index contributed by atoms with van der Waals surface area (Å²) < 4.78 is 25.0. The molecule has 0 aliphatic heterocycles. The van der Waals surface area contributed by atoms with E-state index in [1.807, 2.05) is 0 Å². The van der Waals surface area contributed by atoms with Gasteiger partial charge in [-0.3, -0.25) is 4.98 Å². The molecule has 13 heavy (non-hydrogen) atoms. The zero-order valence-corrected chi connectivity index (χ0v) is 6.87. The number of aliphatic hydroxyl groups is 1. The molecule has 0 aliphatic rings. The SMILES string of the molecule is OCC(F)(F)CNc1ccncc1. The number of halogens is 2. The molecule has 1 rings (SSSR count). The molecule has 0 amide bonds. The fourth-order valence-corrected chi connectivity index (χ4v) is 0.757. The minimum Gasteiger partial charge on any atom is -0.390 e. The molecular formula is C8H10F2N2O. The number of nitrogens with one attached hydrogen (secondary N) is 1. The number of alkyl halides is 2. The smallest absolute Gasteiger partial charge is 0.287 e. The van der Waals surface area contributed by atoms with Gasteiger partial charge in [0.05, 0.1) is 6.54 Å². The average molecular weight is 188 g/mol. The molecule has 1 aromatic heterocycles. The van der Waals surface area contributed by atoms with Gasteiger partial charge in [-0.15, -0.1) is 0 Å². The summed E-state index contributed by atoms with van der Waals surface area (Å²) in [6, 6.07) is 3.15. The Bertz CT molecular complexity index is 254. The molecule has 3 nitrogen and oxygen atoms in total. The van der Waals surface area contributed by atoms with E-state index in [2.05, 4.69) is 10.3 Å². The molecule has 0 fully saturated rings. The maximum atomic E-state index is 12.5. The first-order chi connectivity index (χ1) is 6.14. The van der Waals surface area contributed by atoms with Crippen LogP contribution in [0.3, 0.4) is 0 Å². The van der Waals surface area contributed by atoms with Crippen LogP contribution >= 0.6 is 0 Å². The molecule has 0 aliphatic carbocycles. The molecule has 0 radical (unpaired) electrons. The number of pyridine rings is 1.